The Morgan fingerprint density at radius 2 is 1.42 bits per heavy atom. The van der Waals surface area contributed by atoms with E-state index in [1.54, 1.807) is 24.3 Å². The summed E-state index contributed by atoms with van der Waals surface area (Å²) in [5.41, 5.74) is 1.23. The molecule has 0 aliphatic rings. The number of esters is 1. The molecule has 0 radical (unpaired) electrons. The molecular weight excluding hydrogens is 394 g/mol. The lowest BCUT2D eigenvalue weighted by Crippen LogP contribution is -2.31. The summed E-state index contributed by atoms with van der Waals surface area (Å²) < 4.78 is 16.4. The quantitative estimate of drug-likeness (QED) is 0.394. The lowest BCUT2D eigenvalue weighted by atomic mass is 10.1. The van der Waals surface area contributed by atoms with Gasteiger partial charge >= 0.3 is 5.97 Å². The molecule has 1 atom stereocenters. The molecule has 160 valence electrons. The van der Waals surface area contributed by atoms with Gasteiger partial charge in [-0.3, -0.25) is 4.79 Å². The number of ether oxygens (including phenoxy) is 3. The minimum Gasteiger partial charge on any atom is -0.490 e. The van der Waals surface area contributed by atoms with E-state index in [4.69, 9.17) is 14.2 Å². The van der Waals surface area contributed by atoms with Gasteiger partial charge < -0.3 is 19.5 Å². The number of hydrogen-bond acceptors (Lipinski definition) is 5. The molecule has 0 aliphatic carbocycles. The SMILES string of the molecule is CC(NC(=O)COC(=O)c1ccccc1OCCOc1ccccc1)c1ccccc1. The van der Waals surface area contributed by atoms with Gasteiger partial charge in [0.1, 0.15) is 30.3 Å². The number of benzene rings is 3. The van der Waals surface area contributed by atoms with Gasteiger partial charge in [-0.1, -0.05) is 60.7 Å². The van der Waals surface area contributed by atoms with Gasteiger partial charge in [0.05, 0.1) is 6.04 Å². The Morgan fingerprint density at radius 1 is 0.806 bits per heavy atom. The Morgan fingerprint density at radius 3 is 2.16 bits per heavy atom. The van der Waals surface area contributed by atoms with E-state index in [1.165, 1.54) is 0 Å². The molecule has 6 nitrogen and oxygen atoms in total. The molecule has 0 saturated carbocycles. The van der Waals surface area contributed by atoms with Crippen LogP contribution in [0.1, 0.15) is 28.9 Å². The maximum Gasteiger partial charge on any atom is 0.342 e. The third kappa shape index (κ3) is 6.89. The van der Waals surface area contributed by atoms with Crippen LogP contribution in [-0.4, -0.2) is 31.7 Å². The maximum atomic E-state index is 12.5. The van der Waals surface area contributed by atoms with Gasteiger partial charge in [-0.15, -0.1) is 0 Å². The molecule has 3 aromatic carbocycles. The third-order valence-corrected chi connectivity index (χ3v) is 4.47. The zero-order valence-corrected chi connectivity index (χ0v) is 17.3. The van der Waals surface area contributed by atoms with Gasteiger partial charge in [0.25, 0.3) is 5.91 Å². The van der Waals surface area contributed by atoms with Crippen LogP contribution in [0.15, 0.2) is 84.9 Å². The molecule has 31 heavy (non-hydrogen) atoms. The summed E-state index contributed by atoms with van der Waals surface area (Å²) >= 11 is 0. The summed E-state index contributed by atoms with van der Waals surface area (Å²) in [5, 5.41) is 2.81. The van der Waals surface area contributed by atoms with Crippen molar-refractivity contribution < 1.29 is 23.8 Å². The van der Waals surface area contributed by atoms with Crippen LogP contribution in [0.3, 0.4) is 0 Å². The summed E-state index contributed by atoms with van der Waals surface area (Å²) in [6, 6.07) is 25.5. The zero-order valence-electron chi connectivity index (χ0n) is 17.3. The number of carbonyl (C=O) groups excluding carboxylic acids is 2. The number of amides is 1. The van der Waals surface area contributed by atoms with E-state index in [1.807, 2.05) is 67.6 Å². The van der Waals surface area contributed by atoms with Crippen molar-refractivity contribution in [1.82, 2.24) is 5.32 Å². The molecule has 3 rings (SSSR count). The molecule has 1 unspecified atom stereocenters. The summed E-state index contributed by atoms with van der Waals surface area (Å²) in [6.45, 7) is 2.08. The molecule has 0 heterocycles. The van der Waals surface area contributed by atoms with Gasteiger partial charge in [0, 0.05) is 0 Å². The van der Waals surface area contributed by atoms with Crippen LogP contribution in [0.2, 0.25) is 0 Å². The van der Waals surface area contributed by atoms with Crippen LogP contribution in [0.4, 0.5) is 0 Å². The molecule has 3 aromatic rings. The highest BCUT2D eigenvalue weighted by Crippen LogP contribution is 2.19. The number of para-hydroxylation sites is 2. The molecule has 0 aliphatic heterocycles. The van der Waals surface area contributed by atoms with Crippen LogP contribution >= 0.6 is 0 Å². The van der Waals surface area contributed by atoms with Gasteiger partial charge in [-0.05, 0) is 36.8 Å². The molecular formula is C25H25NO5. The predicted molar refractivity (Wildman–Crippen MR) is 117 cm³/mol. The molecule has 0 bridgehead atoms. The van der Waals surface area contributed by atoms with Gasteiger partial charge in [0.15, 0.2) is 6.61 Å². The monoisotopic (exact) mass is 419 g/mol. The number of nitrogens with one attached hydrogen (secondary N) is 1. The summed E-state index contributed by atoms with van der Waals surface area (Å²) in [7, 11) is 0. The van der Waals surface area contributed by atoms with E-state index in [2.05, 4.69) is 5.32 Å². The van der Waals surface area contributed by atoms with E-state index in [0.29, 0.717) is 12.4 Å². The Balaban J connectivity index is 1.47. The predicted octanol–water partition coefficient (Wildman–Crippen LogP) is 4.18. The third-order valence-electron chi connectivity index (χ3n) is 4.47. The average molecular weight is 419 g/mol. The van der Waals surface area contributed by atoms with Crippen molar-refractivity contribution in [2.24, 2.45) is 0 Å². The molecule has 0 fully saturated rings. The lowest BCUT2D eigenvalue weighted by Gasteiger charge is -2.15. The van der Waals surface area contributed by atoms with Crippen molar-refractivity contribution in [2.75, 3.05) is 19.8 Å². The van der Waals surface area contributed by atoms with E-state index in [-0.39, 0.29) is 30.7 Å². The topological polar surface area (TPSA) is 73.9 Å². The Bertz CT molecular complexity index is 975. The van der Waals surface area contributed by atoms with Crippen molar-refractivity contribution in [3.63, 3.8) is 0 Å². The molecule has 6 heteroatoms. The van der Waals surface area contributed by atoms with Gasteiger partial charge in [-0.2, -0.15) is 0 Å². The molecule has 0 aromatic heterocycles. The highest BCUT2D eigenvalue weighted by atomic mass is 16.5. The molecule has 1 amide bonds. The minimum absolute atomic E-state index is 0.187. The second kappa shape index (κ2) is 11.4. The first-order valence-electron chi connectivity index (χ1n) is 10.0. The Kier molecular flexibility index (Phi) is 8.05. The smallest absolute Gasteiger partial charge is 0.342 e. The first-order valence-corrected chi connectivity index (χ1v) is 10.0. The van der Waals surface area contributed by atoms with E-state index < -0.39 is 5.97 Å². The largest absolute Gasteiger partial charge is 0.490 e. The normalized spacial score (nSPS) is 11.3. The van der Waals surface area contributed by atoms with Crippen LogP contribution in [0.25, 0.3) is 0 Å². The van der Waals surface area contributed by atoms with Crippen LogP contribution in [0.5, 0.6) is 11.5 Å². The van der Waals surface area contributed by atoms with Crippen molar-refractivity contribution in [3.05, 3.63) is 96.1 Å². The molecule has 0 saturated heterocycles. The molecule has 0 spiro atoms. The Hall–Kier alpha value is -3.80. The fourth-order valence-corrected chi connectivity index (χ4v) is 2.91. The van der Waals surface area contributed by atoms with Crippen LogP contribution in [0, 0.1) is 0 Å². The van der Waals surface area contributed by atoms with Crippen LogP contribution in [-0.2, 0) is 9.53 Å². The van der Waals surface area contributed by atoms with E-state index in [9.17, 15) is 9.59 Å². The van der Waals surface area contributed by atoms with Gasteiger partial charge in [0.2, 0.25) is 0 Å². The highest BCUT2D eigenvalue weighted by molar-refractivity contribution is 5.94. The second-order valence-electron chi connectivity index (χ2n) is 6.78. The van der Waals surface area contributed by atoms with Crippen molar-refractivity contribution >= 4 is 11.9 Å². The summed E-state index contributed by atoms with van der Waals surface area (Å²) in [6.07, 6.45) is 0. The maximum absolute atomic E-state index is 12.5. The lowest BCUT2D eigenvalue weighted by molar-refractivity contribution is -0.124. The summed E-state index contributed by atoms with van der Waals surface area (Å²) in [5.74, 6) is 0.123. The first kappa shape index (κ1) is 21.9. The number of hydrogen-bond donors (Lipinski definition) is 1. The fourth-order valence-electron chi connectivity index (χ4n) is 2.91. The standard InChI is InChI=1S/C25H25NO5/c1-19(20-10-4-2-5-11-20)26-24(27)18-31-25(28)22-14-8-9-15-23(22)30-17-16-29-21-12-6-3-7-13-21/h2-15,19H,16-18H2,1H3,(H,26,27). The van der Waals surface area contributed by atoms with Crippen molar-refractivity contribution in [2.45, 2.75) is 13.0 Å². The van der Waals surface area contributed by atoms with E-state index in [0.717, 1.165) is 11.3 Å². The minimum atomic E-state index is -0.623. The highest BCUT2D eigenvalue weighted by Gasteiger charge is 2.16. The second-order valence-corrected chi connectivity index (χ2v) is 6.78. The van der Waals surface area contributed by atoms with Crippen molar-refractivity contribution in [3.8, 4) is 11.5 Å². The average Bonchev–Trinajstić information content (AvgIpc) is 2.82. The van der Waals surface area contributed by atoms with Gasteiger partial charge in [-0.25, -0.2) is 4.79 Å². The van der Waals surface area contributed by atoms with E-state index >= 15 is 0 Å². The number of carbonyl (C=O) groups is 2. The number of rotatable bonds is 10. The van der Waals surface area contributed by atoms with Crippen LogP contribution < -0.4 is 14.8 Å². The zero-order chi connectivity index (χ0) is 21.9. The summed E-state index contributed by atoms with van der Waals surface area (Å²) in [4.78, 5) is 24.6. The Labute approximate surface area is 181 Å². The van der Waals surface area contributed by atoms with Crippen molar-refractivity contribution in [1.29, 1.82) is 0 Å². The fraction of sp³-hybridized carbons (Fsp3) is 0.200. The molecule has 1 N–H and O–H groups in total. The first-order chi connectivity index (χ1) is 15.1.